The van der Waals surface area contributed by atoms with Crippen LogP contribution in [0.3, 0.4) is 0 Å². The molecule has 0 spiro atoms. The highest BCUT2D eigenvalue weighted by Crippen LogP contribution is 2.30. The lowest BCUT2D eigenvalue weighted by Gasteiger charge is -2.14. The molecule has 2 amide bonds. The van der Waals surface area contributed by atoms with Crippen molar-refractivity contribution in [2.75, 3.05) is 10.6 Å². The normalized spacial score (nSPS) is 11.4. The molecule has 38 heavy (non-hydrogen) atoms. The summed E-state index contributed by atoms with van der Waals surface area (Å²) in [6.07, 6.45) is 2.57. The number of carbonyl (C=O) groups is 1. The second-order valence-corrected chi connectivity index (χ2v) is 9.49. The van der Waals surface area contributed by atoms with Gasteiger partial charge in [-0.15, -0.1) is 0 Å². The lowest BCUT2D eigenvalue weighted by Crippen LogP contribution is -2.22. The number of rotatable bonds is 5. The number of hydrogen-bond donors (Lipinski definition) is 3. The Morgan fingerprint density at radius 2 is 1.82 bits per heavy atom. The van der Waals surface area contributed by atoms with Crippen LogP contribution in [-0.4, -0.2) is 30.8 Å². The number of aromatic nitrogens is 5. The van der Waals surface area contributed by atoms with Gasteiger partial charge < -0.3 is 15.0 Å². The van der Waals surface area contributed by atoms with E-state index in [-0.39, 0.29) is 22.5 Å². The zero-order valence-electron chi connectivity index (χ0n) is 20.8. The lowest BCUT2D eigenvalue weighted by molar-refractivity contribution is 0.262. The molecule has 10 nitrogen and oxygen atoms in total. The van der Waals surface area contributed by atoms with E-state index in [2.05, 4.69) is 30.7 Å². The van der Waals surface area contributed by atoms with Gasteiger partial charge in [0.05, 0.1) is 23.3 Å². The molecule has 3 heterocycles. The number of H-pyrrole nitrogens is 1. The van der Waals surface area contributed by atoms with E-state index in [0.29, 0.717) is 17.1 Å². The number of nitrogens with one attached hydrogen (secondary N) is 3. The molecule has 0 aliphatic heterocycles. The Morgan fingerprint density at radius 3 is 2.58 bits per heavy atom. The average molecular weight is 514 g/mol. The van der Waals surface area contributed by atoms with Crippen molar-refractivity contribution < 1.29 is 13.9 Å². The van der Waals surface area contributed by atoms with E-state index in [9.17, 15) is 14.0 Å². The smallest absolute Gasteiger partial charge is 0.324 e. The van der Waals surface area contributed by atoms with Crippen molar-refractivity contribution in [3.63, 3.8) is 0 Å². The standard InChI is InChI=1S/C27H24FN7O3/c1-27(2,3)21-14-22(35(34-21)16-7-5-4-6-8-16)32-26(37)31-19-13-17(9-10-18(19)28)38-20-11-12-29-25-24(20)30-15-23(36)33-25/h4-15H,1-3H3,(H,29,33,36)(H2,31,32,37). The van der Waals surface area contributed by atoms with Crippen LogP contribution in [-0.2, 0) is 5.41 Å². The molecule has 0 unspecified atom stereocenters. The van der Waals surface area contributed by atoms with Gasteiger partial charge in [-0.05, 0) is 24.3 Å². The molecule has 0 radical (unpaired) electrons. The molecule has 0 fully saturated rings. The molecule has 2 aromatic carbocycles. The largest absolute Gasteiger partial charge is 0.455 e. The fourth-order valence-electron chi connectivity index (χ4n) is 3.67. The summed E-state index contributed by atoms with van der Waals surface area (Å²) in [5, 5.41) is 9.97. The van der Waals surface area contributed by atoms with Crippen LogP contribution in [0.15, 0.2) is 77.9 Å². The number of amides is 2. The van der Waals surface area contributed by atoms with Crippen molar-refractivity contribution in [1.82, 2.24) is 24.7 Å². The summed E-state index contributed by atoms with van der Waals surface area (Å²) >= 11 is 0. The topological polar surface area (TPSA) is 127 Å². The number of urea groups is 1. The van der Waals surface area contributed by atoms with Crippen LogP contribution in [0.2, 0.25) is 0 Å². The summed E-state index contributed by atoms with van der Waals surface area (Å²) in [4.78, 5) is 35.2. The number of pyridine rings is 1. The van der Waals surface area contributed by atoms with Gasteiger partial charge in [0.1, 0.15) is 22.9 Å². The minimum atomic E-state index is -0.660. The predicted octanol–water partition coefficient (Wildman–Crippen LogP) is 5.38. The highest BCUT2D eigenvalue weighted by Gasteiger charge is 2.22. The number of aromatic amines is 1. The number of anilines is 2. The molecular weight excluding hydrogens is 489 g/mol. The number of carbonyl (C=O) groups excluding carboxylic acids is 1. The van der Waals surface area contributed by atoms with E-state index in [1.807, 2.05) is 51.1 Å². The van der Waals surface area contributed by atoms with Crippen LogP contribution in [0.1, 0.15) is 26.5 Å². The maximum atomic E-state index is 14.6. The molecule has 192 valence electrons. The third-order valence-corrected chi connectivity index (χ3v) is 5.57. The fourth-order valence-corrected chi connectivity index (χ4v) is 3.67. The lowest BCUT2D eigenvalue weighted by atomic mass is 9.92. The first-order chi connectivity index (χ1) is 18.2. The number of ether oxygens (including phenoxy) is 1. The van der Waals surface area contributed by atoms with Gasteiger partial charge in [-0.1, -0.05) is 39.0 Å². The van der Waals surface area contributed by atoms with Crippen molar-refractivity contribution in [3.05, 3.63) is 94.9 Å². The number of para-hydroxylation sites is 1. The maximum absolute atomic E-state index is 14.6. The van der Waals surface area contributed by atoms with E-state index in [1.54, 1.807) is 16.8 Å². The second kappa shape index (κ2) is 9.77. The van der Waals surface area contributed by atoms with Gasteiger partial charge in [0.25, 0.3) is 5.56 Å². The zero-order chi connectivity index (χ0) is 26.9. The van der Waals surface area contributed by atoms with Gasteiger partial charge in [-0.25, -0.2) is 23.8 Å². The Kier molecular flexibility index (Phi) is 6.33. The number of hydrogen-bond acceptors (Lipinski definition) is 6. The zero-order valence-corrected chi connectivity index (χ0v) is 20.8. The Hall–Kier alpha value is -5.06. The molecule has 0 bridgehead atoms. The van der Waals surface area contributed by atoms with Crippen molar-refractivity contribution in [1.29, 1.82) is 0 Å². The van der Waals surface area contributed by atoms with Crippen molar-refractivity contribution in [2.24, 2.45) is 0 Å². The molecule has 5 rings (SSSR count). The summed E-state index contributed by atoms with van der Waals surface area (Å²) in [5.41, 5.74) is 1.36. The Labute approximate surface area is 216 Å². The van der Waals surface area contributed by atoms with Crippen molar-refractivity contribution in [3.8, 4) is 17.2 Å². The van der Waals surface area contributed by atoms with E-state index in [0.717, 1.165) is 17.6 Å². The second-order valence-electron chi connectivity index (χ2n) is 9.49. The van der Waals surface area contributed by atoms with E-state index in [4.69, 9.17) is 4.74 Å². The quantitative estimate of drug-likeness (QED) is 0.290. The summed E-state index contributed by atoms with van der Waals surface area (Å²) in [6, 6.07) is 16.0. The van der Waals surface area contributed by atoms with Crippen LogP contribution in [0.4, 0.5) is 20.7 Å². The molecular formula is C27H24FN7O3. The third kappa shape index (κ3) is 5.21. The number of benzene rings is 2. The highest BCUT2D eigenvalue weighted by molar-refractivity contribution is 5.99. The Morgan fingerprint density at radius 1 is 1.03 bits per heavy atom. The maximum Gasteiger partial charge on any atom is 0.324 e. The summed E-state index contributed by atoms with van der Waals surface area (Å²) in [5.74, 6) is 0.317. The predicted molar refractivity (Wildman–Crippen MR) is 142 cm³/mol. The average Bonchev–Trinajstić information content (AvgIpc) is 3.31. The monoisotopic (exact) mass is 513 g/mol. The first kappa shape index (κ1) is 24.6. The number of fused-ring (bicyclic) bond motifs is 1. The van der Waals surface area contributed by atoms with Crippen molar-refractivity contribution in [2.45, 2.75) is 26.2 Å². The van der Waals surface area contributed by atoms with Gasteiger partial charge >= 0.3 is 6.03 Å². The minimum Gasteiger partial charge on any atom is -0.455 e. The van der Waals surface area contributed by atoms with E-state index < -0.39 is 17.4 Å². The molecule has 11 heteroatoms. The first-order valence-electron chi connectivity index (χ1n) is 11.7. The Bertz CT molecular complexity index is 1690. The molecule has 3 aromatic heterocycles. The van der Waals surface area contributed by atoms with E-state index in [1.165, 1.54) is 24.4 Å². The van der Waals surface area contributed by atoms with Gasteiger partial charge in [-0.3, -0.25) is 10.1 Å². The molecule has 5 aromatic rings. The highest BCUT2D eigenvalue weighted by atomic mass is 19.1. The third-order valence-electron chi connectivity index (χ3n) is 5.57. The van der Waals surface area contributed by atoms with Gasteiger partial charge in [-0.2, -0.15) is 5.10 Å². The molecule has 3 N–H and O–H groups in total. The molecule has 0 aliphatic carbocycles. The molecule has 0 aliphatic rings. The Balaban J connectivity index is 1.39. The number of nitrogens with zero attached hydrogens (tertiary/aromatic N) is 4. The SMILES string of the molecule is CC(C)(C)c1cc(NC(=O)Nc2cc(Oc3ccnc4[nH]c(=O)cnc34)ccc2F)n(-c2ccccc2)n1. The minimum absolute atomic E-state index is 0.0958. The van der Waals surface area contributed by atoms with Crippen LogP contribution in [0, 0.1) is 5.82 Å². The van der Waals surface area contributed by atoms with Crippen LogP contribution < -0.4 is 20.9 Å². The first-order valence-corrected chi connectivity index (χ1v) is 11.7. The molecule has 0 saturated heterocycles. The van der Waals surface area contributed by atoms with Gasteiger partial charge in [0.2, 0.25) is 0 Å². The summed E-state index contributed by atoms with van der Waals surface area (Å²) in [7, 11) is 0. The summed E-state index contributed by atoms with van der Waals surface area (Å²) < 4.78 is 22.1. The van der Waals surface area contributed by atoms with Crippen LogP contribution in [0.5, 0.6) is 11.5 Å². The fraction of sp³-hybridized carbons (Fsp3) is 0.148. The van der Waals surface area contributed by atoms with Gasteiger partial charge in [0.15, 0.2) is 11.4 Å². The van der Waals surface area contributed by atoms with Gasteiger partial charge in [0, 0.05) is 29.8 Å². The summed E-state index contributed by atoms with van der Waals surface area (Å²) in [6.45, 7) is 6.07. The van der Waals surface area contributed by atoms with Crippen LogP contribution >= 0.6 is 0 Å². The number of halogens is 1. The van der Waals surface area contributed by atoms with E-state index >= 15 is 0 Å². The van der Waals surface area contributed by atoms with Crippen molar-refractivity contribution >= 4 is 28.7 Å². The van der Waals surface area contributed by atoms with Crippen LogP contribution in [0.25, 0.3) is 16.9 Å². The molecule has 0 saturated carbocycles. The molecule has 0 atom stereocenters.